The van der Waals surface area contributed by atoms with Gasteiger partial charge in [0.1, 0.15) is 5.60 Å². The van der Waals surface area contributed by atoms with E-state index >= 15 is 0 Å². The normalized spacial score (nSPS) is 19.2. The van der Waals surface area contributed by atoms with Gasteiger partial charge in [0.25, 0.3) is 0 Å². The van der Waals surface area contributed by atoms with Crippen molar-refractivity contribution in [1.29, 1.82) is 0 Å². The number of halogens is 1. The van der Waals surface area contributed by atoms with Crippen molar-refractivity contribution in [3.8, 4) is 0 Å². The molecule has 2 heterocycles. The molecular formula is C11H13ClN2O3S. The lowest BCUT2D eigenvalue weighted by Gasteiger charge is -2.17. The minimum absolute atomic E-state index is 0.0854. The van der Waals surface area contributed by atoms with Crippen molar-refractivity contribution < 1.29 is 13.5 Å². The third-order valence-electron chi connectivity index (χ3n) is 2.40. The highest BCUT2D eigenvalue weighted by Gasteiger charge is 2.28. The average Bonchev–Trinajstić information content (AvgIpc) is 2.61. The molecule has 0 radical (unpaired) electrons. The summed E-state index contributed by atoms with van der Waals surface area (Å²) in [5, 5.41) is 0.339. The monoisotopic (exact) mass is 288 g/mol. The van der Waals surface area contributed by atoms with Gasteiger partial charge in [-0.1, -0.05) is 11.6 Å². The van der Waals surface area contributed by atoms with E-state index in [9.17, 15) is 4.21 Å². The van der Waals surface area contributed by atoms with Gasteiger partial charge in [-0.2, -0.15) is 0 Å². The lowest BCUT2D eigenvalue weighted by molar-refractivity contribution is 0.131. The SMILES string of the molecule is CC1(C)CN=C(c2cnc(CS(=O)O)c(Cl)c2)O1. The Morgan fingerprint density at radius 1 is 1.61 bits per heavy atom. The fraction of sp³-hybridized carbons (Fsp3) is 0.455. The molecule has 1 aliphatic rings. The van der Waals surface area contributed by atoms with Gasteiger partial charge in [-0.25, -0.2) is 9.20 Å². The summed E-state index contributed by atoms with van der Waals surface area (Å²) in [6.45, 7) is 4.48. The van der Waals surface area contributed by atoms with Crippen molar-refractivity contribution >= 4 is 28.6 Å². The molecule has 0 saturated heterocycles. The maximum atomic E-state index is 10.7. The van der Waals surface area contributed by atoms with Crippen molar-refractivity contribution in [3.05, 3.63) is 28.5 Å². The molecule has 1 atom stereocenters. The van der Waals surface area contributed by atoms with Crippen LogP contribution < -0.4 is 0 Å². The summed E-state index contributed by atoms with van der Waals surface area (Å²) in [6.07, 6.45) is 1.55. The number of aromatic nitrogens is 1. The molecule has 98 valence electrons. The fourth-order valence-electron chi connectivity index (χ4n) is 1.55. The average molecular weight is 289 g/mol. The molecule has 0 saturated carbocycles. The van der Waals surface area contributed by atoms with E-state index in [1.54, 1.807) is 12.3 Å². The van der Waals surface area contributed by atoms with Crippen LogP contribution in [0.5, 0.6) is 0 Å². The van der Waals surface area contributed by atoms with Crippen LogP contribution in [0, 0.1) is 0 Å². The van der Waals surface area contributed by atoms with E-state index in [0.29, 0.717) is 28.7 Å². The highest BCUT2D eigenvalue weighted by atomic mass is 35.5. The Morgan fingerprint density at radius 2 is 2.33 bits per heavy atom. The van der Waals surface area contributed by atoms with Crippen molar-refractivity contribution in [3.63, 3.8) is 0 Å². The highest BCUT2D eigenvalue weighted by Crippen LogP contribution is 2.23. The van der Waals surface area contributed by atoms with Gasteiger partial charge in [0, 0.05) is 6.20 Å². The van der Waals surface area contributed by atoms with Gasteiger partial charge in [0.15, 0.2) is 11.1 Å². The molecule has 1 unspecified atom stereocenters. The molecule has 0 amide bonds. The molecule has 0 bridgehead atoms. The van der Waals surface area contributed by atoms with E-state index in [0.717, 1.165) is 0 Å². The minimum atomic E-state index is -1.96. The van der Waals surface area contributed by atoms with Crippen molar-refractivity contribution in [2.45, 2.75) is 25.2 Å². The third-order valence-corrected chi connectivity index (χ3v) is 3.25. The quantitative estimate of drug-likeness (QED) is 0.864. The first-order valence-electron chi connectivity index (χ1n) is 5.33. The lowest BCUT2D eigenvalue weighted by Crippen LogP contribution is -2.24. The third kappa shape index (κ3) is 3.07. The molecule has 18 heavy (non-hydrogen) atoms. The predicted octanol–water partition coefficient (Wildman–Crippen LogP) is 2.01. The largest absolute Gasteiger partial charge is 0.469 e. The van der Waals surface area contributed by atoms with Crippen molar-refractivity contribution in [1.82, 2.24) is 4.98 Å². The van der Waals surface area contributed by atoms with Crippen molar-refractivity contribution in [2.24, 2.45) is 4.99 Å². The Hall–Kier alpha value is -0.980. The van der Waals surface area contributed by atoms with Crippen LogP contribution in [-0.2, 0) is 21.6 Å². The van der Waals surface area contributed by atoms with E-state index in [1.165, 1.54) is 0 Å². The molecule has 0 fully saturated rings. The zero-order valence-corrected chi connectivity index (χ0v) is 11.6. The van der Waals surface area contributed by atoms with Crippen LogP contribution in [0.3, 0.4) is 0 Å². The summed E-state index contributed by atoms with van der Waals surface area (Å²) in [5.74, 6) is 0.420. The van der Waals surface area contributed by atoms with Gasteiger partial charge < -0.3 is 9.29 Å². The molecule has 7 heteroatoms. The molecule has 1 aliphatic heterocycles. The van der Waals surface area contributed by atoms with Gasteiger partial charge >= 0.3 is 0 Å². The van der Waals surface area contributed by atoms with E-state index < -0.39 is 11.1 Å². The molecule has 0 aliphatic carbocycles. The van der Waals surface area contributed by atoms with Crippen LogP contribution in [0.25, 0.3) is 0 Å². The lowest BCUT2D eigenvalue weighted by atomic mass is 10.1. The second-order valence-electron chi connectivity index (χ2n) is 4.60. The van der Waals surface area contributed by atoms with Crippen LogP contribution in [0.1, 0.15) is 25.1 Å². The topological polar surface area (TPSA) is 71.8 Å². The summed E-state index contributed by atoms with van der Waals surface area (Å²) >= 11 is 4.05. The van der Waals surface area contributed by atoms with Gasteiger partial charge in [-0.05, 0) is 19.9 Å². The number of pyridine rings is 1. The molecule has 0 spiro atoms. The predicted molar refractivity (Wildman–Crippen MR) is 70.3 cm³/mol. The number of rotatable bonds is 3. The van der Waals surface area contributed by atoms with Gasteiger partial charge in [0.2, 0.25) is 5.90 Å². The Balaban J connectivity index is 2.22. The second kappa shape index (κ2) is 4.95. The number of ether oxygens (including phenoxy) is 1. The first kappa shape index (κ1) is 13.5. The fourth-order valence-corrected chi connectivity index (χ4v) is 2.32. The molecule has 1 aromatic heterocycles. The van der Waals surface area contributed by atoms with Crippen LogP contribution >= 0.6 is 11.6 Å². The summed E-state index contributed by atoms with van der Waals surface area (Å²) in [6, 6.07) is 1.65. The maximum absolute atomic E-state index is 10.7. The smallest absolute Gasteiger partial charge is 0.218 e. The summed E-state index contributed by atoms with van der Waals surface area (Å²) < 4.78 is 25.2. The first-order chi connectivity index (χ1) is 8.37. The molecule has 0 aromatic carbocycles. The number of hydrogen-bond donors (Lipinski definition) is 1. The van der Waals surface area contributed by atoms with E-state index in [-0.39, 0.29) is 11.4 Å². The standard InChI is InChI=1S/C11H13ClN2O3S/c1-11(2)6-14-10(17-11)7-3-8(12)9(13-4-7)5-18(15)16/h3-4H,5-6H2,1-2H3,(H,15,16). The Kier molecular flexibility index (Phi) is 3.70. The first-order valence-corrected chi connectivity index (χ1v) is 6.98. The van der Waals surface area contributed by atoms with E-state index in [1.807, 2.05) is 13.8 Å². The molecule has 5 nitrogen and oxygen atoms in total. The van der Waals surface area contributed by atoms with Crippen LogP contribution in [0.2, 0.25) is 5.02 Å². The number of hydrogen-bond acceptors (Lipinski definition) is 4. The number of nitrogens with zero attached hydrogens (tertiary/aromatic N) is 2. The molecule has 1 aromatic rings. The zero-order chi connectivity index (χ0) is 13.3. The minimum Gasteiger partial charge on any atom is -0.469 e. The number of aliphatic imine (C=N–C) groups is 1. The van der Waals surface area contributed by atoms with Crippen molar-refractivity contribution in [2.75, 3.05) is 6.54 Å². The summed E-state index contributed by atoms with van der Waals surface area (Å²) in [4.78, 5) is 8.34. The van der Waals surface area contributed by atoms with Crippen LogP contribution in [0.15, 0.2) is 17.3 Å². The van der Waals surface area contributed by atoms with E-state index in [4.69, 9.17) is 20.9 Å². The molecular weight excluding hydrogens is 276 g/mol. The van der Waals surface area contributed by atoms with Crippen LogP contribution in [-0.4, -0.2) is 31.8 Å². The summed E-state index contributed by atoms with van der Waals surface area (Å²) in [5.41, 5.74) is 0.754. The van der Waals surface area contributed by atoms with Crippen LogP contribution in [0.4, 0.5) is 0 Å². The molecule has 2 rings (SSSR count). The summed E-state index contributed by atoms with van der Waals surface area (Å²) in [7, 11) is 0. The second-order valence-corrected chi connectivity index (χ2v) is 5.94. The van der Waals surface area contributed by atoms with Gasteiger partial charge in [-0.3, -0.25) is 4.98 Å². The van der Waals surface area contributed by atoms with Gasteiger partial charge in [0.05, 0.1) is 28.6 Å². The Morgan fingerprint density at radius 3 is 2.83 bits per heavy atom. The Bertz CT molecular complexity index is 531. The van der Waals surface area contributed by atoms with Gasteiger partial charge in [-0.15, -0.1) is 0 Å². The molecule has 1 N–H and O–H groups in total. The Labute approximate surface area is 113 Å². The zero-order valence-electron chi connectivity index (χ0n) is 10.0. The highest BCUT2D eigenvalue weighted by molar-refractivity contribution is 7.78. The van der Waals surface area contributed by atoms with E-state index in [2.05, 4.69) is 9.98 Å². The maximum Gasteiger partial charge on any atom is 0.218 e.